The second kappa shape index (κ2) is 5.91. The summed E-state index contributed by atoms with van der Waals surface area (Å²) in [5, 5.41) is 17.7. The molecule has 3 rings (SSSR count). The molecule has 0 spiro atoms. The van der Waals surface area contributed by atoms with Gasteiger partial charge in [0.15, 0.2) is 5.82 Å². The second-order valence-corrected chi connectivity index (χ2v) is 4.80. The second-order valence-electron chi connectivity index (χ2n) is 4.80. The van der Waals surface area contributed by atoms with Crippen molar-refractivity contribution in [3.8, 4) is 11.4 Å². The van der Waals surface area contributed by atoms with E-state index in [1.54, 1.807) is 26.0 Å². The smallest absolute Gasteiger partial charge is 0.315 e. The predicted octanol–water partition coefficient (Wildman–Crippen LogP) is 1.12. The first-order chi connectivity index (χ1) is 11.0. The molecule has 0 aliphatic heterocycles. The van der Waals surface area contributed by atoms with Gasteiger partial charge in [0.2, 0.25) is 5.82 Å². The van der Waals surface area contributed by atoms with Crippen LogP contribution in [0.4, 0.5) is 10.4 Å². The quantitative estimate of drug-likeness (QED) is 0.767. The first-order valence-corrected chi connectivity index (χ1v) is 6.66. The van der Waals surface area contributed by atoms with Crippen LogP contribution in [-0.4, -0.2) is 36.3 Å². The number of amides is 1. The molecular formula is C13H12FN7O2. The number of hydrogen-bond donors (Lipinski definition) is 1. The number of tetrazole rings is 1. The average Bonchev–Trinajstić information content (AvgIpc) is 3.11. The highest BCUT2D eigenvalue weighted by atomic mass is 19.1. The lowest BCUT2D eigenvalue weighted by atomic mass is 10.1. The van der Waals surface area contributed by atoms with E-state index in [0.29, 0.717) is 22.8 Å². The summed E-state index contributed by atoms with van der Waals surface area (Å²) in [6, 6.07) is 4.49. The zero-order valence-corrected chi connectivity index (χ0v) is 12.3. The molecule has 0 aliphatic rings. The third-order valence-corrected chi connectivity index (χ3v) is 2.93. The Bertz CT molecular complexity index is 858. The van der Waals surface area contributed by atoms with E-state index in [0.717, 1.165) is 4.80 Å². The van der Waals surface area contributed by atoms with Crippen molar-refractivity contribution >= 4 is 11.9 Å². The van der Waals surface area contributed by atoms with Gasteiger partial charge in [0.1, 0.15) is 12.4 Å². The van der Waals surface area contributed by atoms with Crippen molar-refractivity contribution in [2.24, 2.45) is 0 Å². The van der Waals surface area contributed by atoms with Crippen LogP contribution in [0.3, 0.4) is 0 Å². The normalized spacial score (nSPS) is 10.7. The van der Waals surface area contributed by atoms with E-state index >= 15 is 0 Å². The van der Waals surface area contributed by atoms with Gasteiger partial charge in [-0.15, -0.1) is 10.2 Å². The van der Waals surface area contributed by atoms with Gasteiger partial charge < -0.3 is 4.52 Å². The lowest BCUT2D eigenvalue weighted by Gasteiger charge is -1.99. The van der Waals surface area contributed by atoms with Crippen LogP contribution >= 0.6 is 0 Å². The zero-order chi connectivity index (χ0) is 16.4. The third-order valence-electron chi connectivity index (χ3n) is 2.93. The number of carbonyl (C=O) groups excluding carboxylic acids is 1. The minimum atomic E-state index is -0.437. The largest absolute Gasteiger partial charge is 0.328 e. The molecule has 0 saturated carbocycles. The molecule has 0 atom stereocenters. The molecule has 2 aromatic heterocycles. The van der Waals surface area contributed by atoms with Gasteiger partial charge in [0.05, 0.1) is 0 Å². The summed E-state index contributed by atoms with van der Waals surface area (Å²) in [5.41, 5.74) is 1.09. The molecule has 0 aliphatic carbocycles. The minimum Gasteiger partial charge on any atom is -0.315 e. The van der Waals surface area contributed by atoms with Gasteiger partial charge in [-0.25, -0.2) is 4.39 Å². The fraction of sp³-hybridized carbons (Fsp3) is 0.231. The predicted molar refractivity (Wildman–Crippen MR) is 75.6 cm³/mol. The van der Waals surface area contributed by atoms with Crippen molar-refractivity contribution in [3.05, 3.63) is 35.4 Å². The van der Waals surface area contributed by atoms with Crippen molar-refractivity contribution in [3.63, 3.8) is 0 Å². The Morgan fingerprint density at radius 3 is 2.91 bits per heavy atom. The van der Waals surface area contributed by atoms with Crippen LogP contribution in [0.15, 0.2) is 22.7 Å². The van der Waals surface area contributed by atoms with Crippen LogP contribution in [0.1, 0.15) is 11.4 Å². The van der Waals surface area contributed by atoms with Crippen LogP contribution < -0.4 is 5.32 Å². The van der Waals surface area contributed by atoms with Gasteiger partial charge in [0.25, 0.3) is 5.91 Å². The lowest BCUT2D eigenvalue weighted by Crippen LogP contribution is -2.20. The van der Waals surface area contributed by atoms with Crippen molar-refractivity contribution in [2.75, 3.05) is 5.32 Å². The molecule has 0 bridgehead atoms. The Morgan fingerprint density at radius 1 is 1.39 bits per heavy atom. The van der Waals surface area contributed by atoms with Crippen molar-refractivity contribution in [2.45, 2.75) is 20.4 Å². The van der Waals surface area contributed by atoms with Gasteiger partial charge in [-0.05, 0) is 42.8 Å². The molecule has 0 unspecified atom stereocenters. The van der Waals surface area contributed by atoms with Crippen LogP contribution in [0.2, 0.25) is 0 Å². The third kappa shape index (κ3) is 3.36. The summed E-state index contributed by atoms with van der Waals surface area (Å²) in [6.07, 6.45) is 0. The first-order valence-electron chi connectivity index (χ1n) is 6.66. The molecule has 9 nitrogen and oxygen atoms in total. The maximum atomic E-state index is 13.3. The summed E-state index contributed by atoms with van der Waals surface area (Å²) in [5.74, 6) is -0.0362. The van der Waals surface area contributed by atoms with E-state index in [2.05, 4.69) is 30.9 Å². The number of rotatable bonds is 4. The minimum absolute atomic E-state index is 0.00185. The maximum absolute atomic E-state index is 13.3. The summed E-state index contributed by atoms with van der Waals surface area (Å²) >= 11 is 0. The summed E-state index contributed by atoms with van der Waals surface area (Å²) < 4.78 is 18.0. The number of nitrogens with one attached hydrogen (secondary N) is 1. The Labute approximate surface area is 129 Å². The number of carbonyl (C=O) groups is 1. The fourth-order valence-corrected chi connectivity index (χ4v) is 1.84. The maximum Gasteiger partial charge on any atom is 0.328 e. The SMILES string of the molecule is Cc1noc(NC(=O)Cn2nnc(-c3ccc(F)c(C)c3)n2)n1. The van der Waals surface area contributed by atoms with E-state index in [1.165, 1.54) is 6.07 Å². The molecule has 1 amide bonds. The molecule has 0 radical (unpaired) electrons. The summed E-state index contributed by atoms with van der Waals surface area (Å²) in [7, 11) is 0. The molecular weight excluding hydrogens is 305 g/mol. The number of anilines is 1. The van der Waals surface area contributed by atoms with Crippen LogP contribution in [0, 0.1) is 19.7 Å². The van der Waals surface area contributed by atoms with E-state index in [-0.39, 0.29) is 18.4 Å². The van der Waals surface area contributed by atoms with E-state index in [9.17, 15) is 9.18 Å². The van der Waals surface area contributed by atoms with Crippen LogP contribution in [0.5, 0.6) is 0 Å². The number of nitrogens with zero attached hydrogens (tertiary/aromatic N) is 6. The molecule has 23 heavy (non-hydrogen) atoms. The van der Waals surface area contributed by atoms with Crippen LogP contribution in [-0.2, 0) is 11.3 Å². The highest BCUT2D eigenvalue weighted by Gasteiger charge is 2.12. The van der Waals surface area contributed by atoms with Gasteiger partial charge in [0, 0.05) is 5.56 Å². The first kappa shape index (κ1) is 14.8. The molecule has 0 saturated heterocycles. The number of hydrogen-bond acceptors (Lipinski definition) is 7. The summed E-state index contributed by atoms with van der Waals surface area (Å²) in [6.45, 7) is 3.10. The van der Waals surface area contributed by atoms with Crippen LogP contribution in [0.25, 0.3) is 11.4 Å². The van der Waals surface area contributed by atoms with Gasteiger partial charge in [-0.3, -0.25) is 10.1 Å². The zero-order valence-electron chi connectivity index (χ0n) is 12.3. The molecule has 1 N–H and O–H groups in total. The average molecular weight is 317 g/mol. The van der Waals surface area contributed by atoms with E-state index < -0.39 is 5.91 Å². The fourth-order valence-electron chi connectivity index (χ4n) is 1.84. The van der Waals surface area contributed by atoms with Gasteiger partial charge in [-0.2, -0.15) is 9.78 Å². The topological polar surface area (TPSA) is 112 Å². The lowest BCUT2D eigenvalue weighted by molar-refractivity contribution is -0.117. The van der Waals surface area contributed by atoms with E-state index in [1.807, 2.05) is 0 Å². The van der Waals surface area contributed by atoms with Gasteiger partial charge >= 0.3 is 6.01 Å². The van der Waals surface area contributed by atoms with Crippen molar-refractivity contribution < 1.29 is 13.7 Å². The highest BCUT2D eigenvalue weighted by molar-refractivity contribution is 5.88. The standard InChI is InChI=1S/C13H12FN7O2/c1-7-5-9(3-4-10(7)14)12-17-20-21(18-12)6-11(22)16-13-15-8(2)19-23-13/h3-5H,6H2,1-2H3,(H,15,16,19,22). The highest BCUT2D eigenvalue weighted by Crippen LogP contribution is 2.17. The Kier molecular flexibility index (Phi) is 3.79. The number of halogens is 1. The number of aryl methyl sites for hydroxylation is 2. The Hall–Kier alpha value is -3.17. The molecule has 1 aromatic carbocycles. The Morgan fingerprint density at radius 2 is 2.22 bits per heavy atom. The Balaban J connectivity index is 1.69. The van der Waals surface area contributed by atoms with Crippen molar-refractivity contribution in [1.82, 2.24) is 30.3 Å². The van der Waals surface area contributed by atoms with Gasteiger partial charge in [-0.1, -0.05) is 5.16 Å². The van der Waals surface area contributed by atoms with Crippen molar-refractivity contribution in [1.29, 1.82) is 0 Å². The van der Waals surface area contributed by atoms with E-state index in [4.69, 9.17) is 4.52 Å². The molecule has 3 aromatic rings. The number of benzene rings is 1. The molecule has 0 fully saturated rings. The molecule has 118 valence electrons. The molecule has 10 heteroatoms. The monoisotopic (exact) mass is 317 g/mol. The number of aromatic nitrogens is 6. The summed E-state index contributed by atoms with van der Waals surface area (Å²) in [4.78, 5) is 16.8. The molecule has 2 heterocycles.